The number of hydrogen-bond donors (Lipinski definition) is 0. The van der Waals surface area contributed by atoms with Crippen molar-refractivity contribution in [1.82, 2.24) is 9.80 Å². The Morgan fingerprint density at radius 3 is 1.50 bits per heavy atom. The van der Waals surface area contributed by atoms with Gasteiger partial charge in [0.2, 0.25) is 0 Å². The summed E-state index contributed by atoms with van der Waals surface area (Å²) in [5.41, 5.74) is 0. The van der Waals surface area contributed by atoms with Crippen LogP contribution in [0, 0.1) is 0 Å². The first-order chi connectivity index (χ1) is 11.9. The van der Waals surface area contributed by atoms with Crippen LogP contribution in [-0.2, 0) is 0 Å². The topological polar surface area (TPSA) is 6.48 Å². The van der Waals surface area contributed by atoms with Gasteiger partial charge in [0, 0.05) is 30.8 Å². The van der Waals surface area contributed by atoms with Crippen molar-refractivity contribution in [3.05, 3.63) is 12.4 Å². The third-order valence-electron chi connectivity index (χ3n) is 4.98. The second-order valence-corrected chi connectivity index (χ2v) is 8.14. The second-order valence-electron chi connectivity index (χ2n) is 7.35. The molecule has 0 spiro atoms. The summed E-state index contributed by atoms with van der Waals surface area (Å²) in [6.45, 7) is 5.89. The molecule has 0 aromatic carbocycles. The predicted molar refractivity (Wildman–Crippen MR) is 112 cm³/mol. The fourth-order valence-corrected chi connectivity index (χ4v) is 3.77. The van der Waals surface area contributed by atoms with Crippen LogP contribution in [0.5, 0.6) is 0 Å². The van der Waals surface area contributed by atoms with E-state index >= 15 is 0 Å². The number of hydrogen-bond acceptors (Lipinski definition) is 2. The molecule has 0 N–H and O–H groups in total. The zero-order valence-corrected chi connectivity index (χ0v) is 17.7. The minimum Gasteiger partial charge on any atom is -0.359 e. The highest BCUT2D eigenvalue weighted by atomic mass is 79.9. The summed E-state index contributed by atoms with van der Waals surface area (Å²) >= 11 is 3.50. The predicted octanol–water partition coefficient (Wildman–Crippen LogP) is 6.91. The van der Waals surface area contributed by atoms with Gasteiger partial charge in [-0.05, 0) is 19.3 Å². The molecule has 0 bridgehead atoms. The molecule has 0 fully saturated rings. The average molecular weight is 401 g/mol. The number of rotatable bonds is 17. The van der Waals surface area contributed by atoms with Crippen molar-refractivity contribution in [3.8, 4) is 0 Å². The number of nitrogens with zero attached hydrogens (tertiary/aromatic N) is 2. The van der Waals surface area contributed by atoms with Gasteiger partial charge in [0.25, 0.3) is 0 Å². The standard InChI is InChI=1S/C21H41BrN2/c1-2-3-4-5-6-7-8-9-11-14-17-23-19-20-24(21-23)18-15-12-10-13-16-22/h19-20H,2-18,21H2,1H3. The van der Waals surface area contributed by atoms with E-state index in [2.05, 4.69) is 45.1 Å². The molecule has 0 radical (unpaired) electrons. The Morgan fingerprint density at radius 2 is 1.04 bits per heavy atom. The summed E-state index contributed by atoms with van der Waals surface area (Å²) in [4.78, 5) is 4.97. The van der Waals surface area contributed by atoms with Crippen molar-refractivity contribution in [1.29, 1.82) is 0 Å². The van der Waals surface area contributed by atoms with Gasteiger partial charge < -0.3 is 9.80 Å². The molecular weight excluding hydrogens is 360 g/mol. The van der Waals surface area contributed by atoms with Crippen molar-refractivity contribution in [2.75, 3.05) is 25.1 Å². The van der Waals surface area contributed by atoms with Crippen LogP contribution in [0.1, 0.15) is 96.8 Å². The van der Waals surface area contributed by atoms with Gasteiger partial charge in [-0.1, -0.05) is 93.5 Å². The van der Waals surface area contributed by atoms with Gasteiger partial charge in [0.05, 0.1) is 6.67 Å². The van der Waals surface area contributed by atoms with Crippen molar-refractivity contribution in [3.63, 3.8) is 0 Å². The second kappa shape index (κ2) is 16.3. The van der Waals surface area contributed by atoms with E-state index in [0.29, 0.717) is 0 Å². The summed E-state index contributed by atoms with van der Waals surface area (Å²) in [7, 11) is 0. The van der Waals surface area contributed by atoms with E-state index in [4.69, 9.17) is 0 Å². The van der Waals surface area contributed by atoms with Crippen LogP contribution < -0.4 is 0 Å². The van der Waals surface area contributed by atoms with Gasteiger partial charge >= 0.3 is 0 Å². The van der Waals surface area contributed by atoms with Crippen LogP contribution in [0.4, 0.5) is 0 Å². The molecule has 3 heteroatoms. The molecule has 1 aliphatic rings. The Balaban J connectivity index is 1.83. The van der Waals surface area contributed by atoms with E-state index in [9.17, 15) is 0 Å². The van der Waals surface area contributed by atoms with Crippen LogP contribution in [0.25, 0.3) is 0 Å². The molecule has 0 atom stereocenters. The first kappa shape index (κ1) is 21.9. The molecular formula is C21H41BrN2. The molecule has 0 unspecified atom stereocenters. The zero-order valence-electron chi connectivity index (χ0n) is 16.2. The Labute approximate surface area is 160 Å². The first-order valence-corrected chi connectivity index (χ1v) is 11.7. The molecule has 2 nitrogen and oxygen atoms in total. The molecule has 142 valence electrons. The highest BCUT2D eigenvalue weighted by molar-refractivity contribution is 9.09. The minimum atomic E-state index is 1.12. The fraction of sp³-hybridized carbons (Fsp3) is 0.905. The van der Waals surface area contributed by atoms with Crippen molar-refractivity contribution in [2.45, 2.75) is 96.8 Å². The highest BCUT2D eigenvalue weighted by Gasteiger charge is 2.10. The number of unbranched alkanes of at least 4 members (excludes halogenated alkanes) is 12. The number of halogens is 1. The first-order valence-electron chi connectivity index (χ1n) is 10.6. The summed E-state index contributed by atoms with van der Waals surface area (Å²) < 4.78 is 0. The largest absolute Gasteiger partial charge is 0.359 e. The third kappa shape index (κ3) is 12.2. The maximum Gasteiger partial charge on any atom is 0.0893 e. The lowest BCUT2D eigenvalue weighted by molar-refractivity contribution is 0.257. The van der Waals surface area contributed by atoms with Gasteiger partial charge in [0.1, 0.15) is 0 Å². The Hall–Kier alpha value is -0.180. The Kier molecular flexibility index (Phi) is 14.8. The van der Waals surface area contributed by atoms with E-state index in [-0.39, 0.29) is 0 Å². The smallest absolute Gasteiger partial charge is 0.0893 e. The van der Waals surface area contributed by atoms with Crippen molar-refractivity contribution in [2.24, 2.45) is 0 Å². The fourth-order valence-electron chi connectivity index (χ4n) is 3.37. The van der Waals surface area contributed by atoms with Gasteiger partial charge in [-0.2, -0.15) is 0 Å². The Morgan fingerprint density at radius 1 is 0.625 bits per heavy atom. The summed E-state index contributed by atoms with van der Waals surface area (Å²) in [5.74, 6) is 0. The van der Waals surface area contributed by atoms with Crippen LogP contribution in [0.2, 0.25) is 0 Å². The molecule has 1 aliphatic heterocycles. The van der Waals surface area contributed by atoms with E-state index < -0.39 is 0 Å². The maximum absolute atomic E-state index is 3.50. The highest BCUT2D eigenvalue weighted by Crippen LogP contribution is 2.13. The quantitative estimate of drug-likeness (QED) is 0.193. The normalized spacial score (nSPS) is 14.1. The Bertz CT molecular complexity index is 294. The van der Waals surface area contributed by atoms with Crippen LogP contribution in [0.15, 0.2) is 12.4 Å². The van der Waals surface area contributed by atoms with Gasteiger partial charge in [-0.3, -0.25) is 0 Å². The molecule has 0 saturated carbocycles. The van der Waals surface area contributed by atoms with Crippen LogP contribution >= 0.6 is 15.9 Å². The maximum atomic E-state index is 3.50. The van der Waals surface area contributed by atoms with E-state index in [1.807, 2.05) is 0 Å². The lowest BCUT2D eigenvalue weighted by atomic mass is 10.1. The summed E-state index contributed by atoms with van der Waals surface area (Å²) in [6, 6.07) is 0. The summed E-state index contributed by atoms with van der Waals surface area (Å²) in [6.07, 6.45) is 24.2. The third-order valence-corrected chi connectivity index (χ3v) is 5.54. The zero-order chi connectivity index (χ0) is 17.3. The van der Waals surface area contributed by atoms with Crippen molar-refractivity contribution >= 4 is 15.9 Å². The lowest BCUT2D eigenvalue weighted by Crippen LogP contribution is -2.26. The molecule has 0 aliphatic carbocycles. The molecule has 0 aromatic heterocycles. The van der Waals surface area contributed by atoms with Gasteiger partial charge in [-0.25, -0.2) is 0 Å². The number of alkyl halides is 1. The molecule has 0 aromatic rings. The summed E-state index contributed by atoms with van der Waals surface area (Å²) in [5, 5.41) is 1.16. The SMILES string of the molecule is CCCCCCCCCCCCN1C=CN(CCCCCCBr)C1. The van der Waals surface area contributed by atoms with Crippen molar-refractivity contribution < 1.29 is 0 Å². The molecule has 0 amide bonds. The van der Waals surface area contributed by atoms with E-state index in [0.717, 1.165) is 12.0 Å². The van der Waals surface area contributed by atoms with E-state index in [1.54, 1.807) is 0 Å². The van der Waals surface area contributed by atoms with E-state index in [1.165, 1.54) is 103 Å². The monoisotopic (exact) mass is 400 g/mol. The average Bonchev–Trinajstić information content (AvgIpc) is 3.04. The van der Waals surface area contributed by atoms with Gasteiger partial charge in [-0.15, -0.1) is 0 Å². The lowest BCUT2D eigenvalue weighted by Gasteiger charge is -2.21. The molecule has 24 heavy (non-hydrogen) atoms. The minimum absolute atomic E-state index is 1.12. The van der Waals surface area contributed by atoms with Crippen LogP contribution in [-0.4, -0.2) is 34.9 Å². The molecule has 1 heterocycles. The van der Waals surface area contributed by atoms with Gasteiger partial charge in [0.15, 0.2) is 0 Å². The molecule has 1 rings (SSSR count). The van der Waals surface area contributed by atoms with Crippen LogP contribution in [0.3, 0.4) is 0 Å². The molecule has 0 saturated heterocycles.